The van der Waals surface area contributed by atoms with Crippen LogP contribution in [-0.2, 0) is 9.53 Å². The molecule has 0 radical (unpaired) electrons. The fourth-order valence-corrected chi connectivity index (χ4v) is 5.85. The van der Waals surface area contributed by atoms with Crippen molar-refractivity contribution in [3.8, 4) is 0 Å². The van der Waals surface area contributed by atoms with E-state index in [1.54, 1.807) is 37.3 Å². The molecule has 0 bridgehead atoms. The summed E-state index contributed by atoms with van der Waals surface area (Å²) < 4.78 is 5.94. The van der Waals surface area contributed by atoms with Gasteiger partial charge in [0.25, 0.3) is 5.91 Å². The van der Waals surface area contributed by atoms with Gasteiger partial charge < -0.3 is 9.84 Å². The molecule has 36 heavy (non-hydrogen) atoms. The fourth-order valence-electron chi connectivity index (χ4n) is 3.94. The quantitative estimate of drug-likeness (QED) is 0.204. The molecule has 5 rings (SSSR count). The van der Waals surface area contributed by atoms with Crippen LogP contribution in [0, 0.1) is 6.92 Å². The SMILES string of the molecule is C=CCOC(=O)c1sc(N2C(=O)C(O)=C(C(=O)c3nc4ccccc4s3)C2c2ccccc2)nc1C. The Bertz CT molecular complexity index is 1520. The van der Waals surface area contributed by atoms with E-state index in [-0.39, 0.29) is 27.2 Å². The molecule has 1 unspecified atom stereocenters. The summed E-state index contributed by atoms with van der Waals surface area (Å²) in [6.45, 7) is 5.19. The molecule has 0 saturated carbocycles. The highest BCUT2D eigenvalue weighted by Crippen LogP contribution is 2.44. The van der Waals surface area contributed by atoms with Crippen molar-refractivity contribution in [3.05, 3.63) is 99.7 Å². The number of aromatic nitrogens is 2. The van der Waals surface area contributed by atoms with Crippen molar-refractivity contribution in [2.75, 3.05) is 11.5 Å². The minimum Gasteiger partial charge on any atom is -0.503 e. The Hall–Kier alpha value is -4.15. The molecule has 0 saturated heterocycles. The lowest BCUT2D eigenvalue weighted by atomic mass is 9.96. The number of carbonyl (C=O) groups excluding carboxylic acids is 3. The second-order valence-electron chi connectivity index (χ2n) is 7.86. The summed E-state index contributed by atoms with van der Waals surface area (Å²) >= 11 is 2.15. The molecule has 4 aromatic rings. The van der Waals surface area contributed by atoms with Crippen LogP contribution < -0.4 is 4.90 Å². The summed E-state index contributed by atoms with van der Waals surface area (Å²) in [5.74, 6) is -2.59. The molecule has 1 N–H and O–H groups in total. The van der Waals surface area contributed by atoms with Crippen LogP contribution in [0.15, 0.2) is 78.6 Å². The molecule has 3 heterocycles. The molecule has 2 aromatic carbocycles. The molecule has 8 nitrogen and oxygen atoms in total. The molecule has 1 aliphatic rings. The van der Waals surface area contributed by atoms with Gasteiger partial charge in [-0.25, -0.2) is 14.8 Å². The van der Waals surface area contributed by atoms with Gasteiger partial charge in [-0.15, -0.1) is 11.3 Å². The van der Waals surface area contributed by atoms with E-state index in [0.29, 0.717) is 16.8 Å². The average Bonchev–Trinajstić information content (AvgIpc) is 3.57. The van der Waals surface area contributed by atoms with Crippen LogP contribution in [0.3, 0.4) is 0 Å². The Morgan fingerprint density at radius 2 is 1.83 bits per heavy atom. The second kappa shape index (κ2) is 9.48. The van der Waals surface area contributed by atoms with Gasteiger partial charge in [0.15, 0.2) is 15.9 Å². The lowest BCUT2D eigenvalue weighted by Crippen LogP contribution is -2.31. The number of esters is 1. The third-order valence-corrected chi connectivity index (χ3v) is 7.74. The number of para-hydroxylation sites is 1. The molecule has 1 aliphatic heterocycles. The number of carbonyl (C=O) groups is 3. The maximum absolute atomic E-state index is 13.7. The number of ketones is 1. The van der Waals surface area contributed by atoms with Crippen molar-refractivity contribution >= 4 is 55.7 Å². The zero-order chi connectivity index (χ0) is 25.4. The number of aliphatic hydroxyl groups is 1. The number of aryl methyl sites for hydroxylation is 1. The first-order chi connectivity index (χ1) is 17.4. The van der Waals surface area contributed by atoms with Gasteiger partial charge in [0.1, 0.15) is 11.5 Å². The molecule has 0 aliphatic carbocycles. The van der Waals surface area contributed by atoms with Gasteiger partial charge in [0, 0.05) is 0 Å². The van der Waals surface area contributed by atoms with Crippen molar-refractivity contribution in [2.24, 2.45) is 0 Å². The van der Waals surface area contributed by atoms with Crippen LogP contribution in [0.1, 0.15) is 36.8 Å². The normalized spacial score (nSPS) is 15.5. The zero-order valence-electron chi connectivity index (χ0n) is 19.0. The van der Waals surface area contributed by atoms with Gasteiger partial charge in [-0.05, 0) is 24.6 Å². The maximum atomic E-state index is 13.7. The number of Topliss-reactive ketones (excluding diaryl/α,β-unsaturated/α-hetero) is 1. The first-order valence-corrected chi connectivity index (χ1v) is 12.5. The number of hydrogen-bond acceptors (Lipinski definition) is 9. The Kier molecular flexibility index (Phi) is 6.21. The molecule has 1 atom stereocenters. The third-order valence-electron chi connectivity index (χ3n) is 5.57. The molecular formula is C26H19N3O5S2. The van der Waals surface area contributed by atoms with E-state index in [1.807, 2.05) is 24.3 Å². The third kappa shape index (κ3) is 4.00. The highest BCUT2D eigenvalue weighted by atomic mass is 32.1. The van der Waals surface area contributed by atoms with Gasteiger partial charge >= 0.3 is 5.97 Å². The van der Waals surface area contributed by atoms with E-state index in [1.165, 1.54) is 22.3 Å². The Labute approximate surface area is 213 Å². The highest BCUT2D eigenvalue weighted by molar-refractivity contribution is 7.20. The van der Waals surface area contributed by atoms with Crippen molar-refractivity contribution in [1.29, 1.82) is 0 Å². The molecule has 1 amide bonds. The number of nitrogens with zero attached hydrogens (tertiary/aromatic N) is 3. The van der Waals surface area contributed by atoms with Crippen molar-refractivity contribution < 1.29 is 24.2 Å². The monoisotopic (exact) mass is 517 g/mol. The molecule has 10 heteroatoms. The van der Waals surface area contributed by atoms with Crippen molar-refractivity contribution in [1.82, 2.24) is 9.97 Å². The highest BCUT2D eigenvalue weighted by Gasteiger charge is 2.46. The Morgan fingerprint density at radius 3 is 2.56 bits per heavy atom. The number of fused-ring (bicyclic) bond motifs is 1. The van der Waals surface area contributed by atoms with Crippen LogP contribution in [-0.4, -0.2) is 39.3 Å². The lowest BCUT2D eigenvalue weighted by Gasteiger charge is -2.24. The lowest BCUT2D eigenvalue weighted by molar-refractivity contribution is -0.117. The predicted molar refractivity (Wildman–Crippen MR) is 138 cm³/mol. The van der Waals surface area contributed by atoms with E-state index in [9.17, 15) is 19.5 Å². The van der Waals surface area contributed by atoms with Gasteiger partial charge in [0.05, 0.1) is 27.5 Å². The van der Waals surface area contributed by atoms with Crippen molar-refractivity contribution in [3.63, 3.8) is 0 Å². The number of anilines is 1. The van der Waals surface area contributed by atoms with E-state index in [2.05, 4.69) is 16.5 Å². The standard InChI is InChI=1S/C26H19N3O5S2/c1-3-13-34-25(33)22-14(2)27-26(36-22)29-19(15-9-5-4-6-10-15)18(21(31)24(29)32)20(30)23-28-16-11-7-8-12-17(16)35-23/h3-12,19,31H,1,13H2,2H3. The summed E-state index contributed by atoms with van der Waals surface area (Å²) in [5, 5.41) is 11.3. The topological polar surface area (TPSA) is 110 Å². The molecule has 2 aromatic heterocycles. The van der Waals surface area contributed by atoms with Crippen LogP contribution in [0.2, 0.25) is 0 Å². The molecular weight excluding hydrogens is 498 g/mol. The Balaban J connectivity index is 1.60. The van der Waals surface area contributed by atoms with E-state index in [0.717, 1.165) is 16.0 Å². The number of amides is 1. The number of hydrogen-bond donors (Lipinski definition) is 1. The largest absolute Gasteiger partial charge is 0.503 e. The zero-order valence-corrected chi connectivity index (χ0v) is 20.6. The van der Waals surface area contributed by atoms with Gasteiger partial charge in [-0.1, -0.05) is 66.5 Å². The van der Waals surface area contributed by atoms with E-state index < -0.39 is 29.5 Å². The minimum atomic E-state index is -0.958. The summed E-state index contributed by atoms with van der Waals surface area (Å²) in [5.41, 5.74) is 1.53. The van der Waals surface area contributed by atoms with E-state index >= 15 is 0 Å². The van der Waals surface area contributed by atoms with Crippen LogP contribution in [0.5, 0.6) is 0 Å². The number of thiazole rings is 2. The van der Waals surface area contributed by atoms with E-state index in [4.69, 9.17) is 4.74 Å². The molecule has 0 spiro atoms. The second-order valence-corrected chi connectivity index (χ2v) is 9.87. The minimum absolute atomic E-state index is 0.0317. The van der Waals surface area contributed by atoms with Crippen LogP contribution in [0.25, 0.3) is 10.2 Å². The maximum Gasteiger partial charge on any atom is 0.350 e. The first-order valence-electron chi connectivity index (χ1n) is 10.9. The number of benzene rings is 2. The average molecular weight is 518 g/mol. The summed E-state index contributed by atoms with van der Waals surface area (Å²) in [6, 6.07) is 15.2. The van der Waals surface area contributed by atoms with Gasteiger partial charge in [-0.3, -0.25) is 14.5 Å². The van der Waals surface area contributed by atoms with Gasteiger partial charge in [-0.2, -0.15) is 0 Å². The Morgan fingerprint density at radius 1 is 1.11 bits per heavy atom. The summed E-state index contributed by atoms with van der Waals surface area (Å²) in [4.78, 5) is 49.8. The number of aliphatic hydroxyl groups excluding tert-OH is 1. The summed E-state index contributed by atoms with van der Waals surface area (Å²) in [7, 11) is 0. The summed E-state index contributed by atoms with van der Waals surface area (Å²) in [6.07, 6.45) is 1.45. The molecule has 0 fully saturated rings. The fraction of sp³-hybridized carbons (Fsp3) is 0.115. The van der Waals surface area contributed by atoms with Crippen LogP contribution in [0.4, 0.5) is 5.13 Å². The smallest absolute Gasteiger partial charge is 0.350 e. The van der Waals surface area contributed by atoms with Crippen molar-refractivity contribution in [2.45, 2.75) is 13.0 Å². The number of ether oxygens (including phenoxy) is 1. The van der Waals surface area contributed by atoms with Crippen LogP contribution >= 0.6 is 22.7 Å². The number of rotatable bonds is 7. The first kappa shape index (κ1) is 23.6. The van der Waals surface area contributed by atoms with Gasteiger partial charge in [0.2, 0.25) is 5.78 Å². The molecule has 180 valence electrons. The predicted octanol–water partition coefficient (Wildman–Crippen LogP) is 5.19.